The van der Waals surface area contributed by atoms with Crippen molar-refractivity contribution < 1.29 is 14.5 Å². The van der Waals surface area contributed by atoms with E-state index in [4.69, 9.17) is 0 Å². The molecule has 29 heavy (non-hydrogen) atoms. The molecule has 0 saturated heterocycles. The molecule has 0 fully saturated rings. The van der Waals surface area contributed by atoms with Gasteiger partial charge in [0, 0.05) is 38.3 Å². The van der Waals surface area contributed by atoms with Gasteiger partial charge in [-0.25, -0.2) is 0 Å². The fourth-order valence-electron chi connectivity index (χ4n) is 2.50. The Morgan fingerprint density at radius 2 is 1.69 bits per heavy atom. The SMILES string of the molecule is O=C(CSc1cccc(NC(=O)c2cccc([N+](=O)[O-])c2)c1)c1ccc(Br)cc1. The Bertz CT molecular complexity index is 1070. The summed E-state index contributed by atoms with van der Waals surface area (Å²) in [4.78, 5) is 35.8. The van der Waals surface area contributed by atoms with Crippen molar-refractivity contribution in [2.24, 2.45) is 0 Å². The first-order valence-electron chi connectivity index (χ1n) is 8.50. The van der Waals surface area contributed by atoms with Gasteiger partial charge >= 0.3 is 0 Å². The van der Waals surface area contributed by atoms with E-state index in [1.165, 1.54) is 36.0 Å². The summed E-state index contributed by atoms with van der Waals surface area (Å²) in [7, 11) is 0. The number of nitrogens with one attached hydrogen (secondary N) is 1. The third kappa shape index (κ3) is 5.75. The molecule has 3 aromatic rings. The first kappa shape index (κ1) is 20.8. The Morgan fingerprint density at radius 1 is 0.966 bits per heavy atom. The van der Waals surface area contributed by atoms with Crippen LogP contribution in [0.5, 0.6) is 0 Å². The zero-order valence-corrected chi connectivity index (χ0v) is 17.4. The predicted molar refractivity (Wildman–Crippen MR) is 117 cm³/mol. The van der Waals surface area contributed by atoms with Gasteiger partial charge in [0.2, 0.25) is 0 Å². The number of rotatable bonds is 7. The van der Waals surface area contributed by atoms with E-state index < -0.39 is 10.8 Å². The molecule has 0 saturated carbocycles. The molecule has 6 nitrogen and oxygen atoms in total. The van der Waals surface area contributed by atoms with Crippen molar-refractivity contribution >= 4 is 50.8 Å². The lowest BCUT2D eigenvalue weighted by Gasteiger charge is -2.08. The van der Waals surface area contributed by atoms with Crippen LogP contribution in [0.2, 0.25) is 0 Å². The molecule has 0 unspecified atom stereocenters. The van der Waals surface area contributed by atoms with Crippen LogP contribution in [-0.2, 0) is 0 Å². The van der Waals surface area contributed by atoms with Gasteiger partial charge in [0.1, 0.15) is 0 Å². The maximum atomic E-state index is 12.4. The number of Topliss-reactive ketones (excluding diaryl/α,β-unsaturated/α-hetero) is 1. The van der Waals surface area contributed by atoms with Crippen LogP contribution >= 0.6 is 27.7 Å². The fraction of sp³-hybridized carbons (Fsp3) is 0.0476. The van der Waals surface area contributed by atoms with Crippen LogP contribution < -0.4 is 5.32 Å². The van der Waals surface area contributed by atoms with Gasteiger partial charge in [-0.2, -0.15) is 0 Å². The molecular formula is C21H15BrN2O4S. The summed E-state index contributed by atoms with van der Waals surface area (Å²) in [5, 5.41) is 13.6. The van der Waals surface area contributed by atoms with Crippen molar-refractivity contribution in [1.82, 2.24) is 0 Å². The molecule has 0 atom stereocenters. The number of non-ortho nitro benzene ring substituents is 1. The van der Waals surface area contributed by atoms with Crippen molar-refractivity contribution in [3.05, 3.63) is 98.5 Å². The monoisotopic (exact) mass is 470 g/mol. The Labute approximate surface area is 179 Å². The van der Waals surface area contributed by atoms with E-state index in [2.05, 4.69) is 21.2 Å². The zero-order valence-electron chi connectivity index (χ0n) is 15.0. The molecule has 0 aliphatic carbocycles. The second-order valence-electron chi connectivity index (χ2n) is 6.01. The first-order valence-corrected chi connectivity index (χ1v) is 10.3. The number of amides is 1. The summed E-state index contributed by atoms with van der Waals surface area (Å²) < 4.78 is 0.911. The molecule has 3 rings (SSSR count). The highest BCUT2D eigenvalue weighted by atomic mass is 79.9. The standard InChI is InChI=1S/C21H15BrN2O4S/c22-16-9-7-14(8-10-16)20(25)13-29-19-6-2-4-17(12-19)23-21(26)15-3-1-5-18(11-15)24(27)28/h1-12H,13H2,(H,23,26). The second kappa shape index (κ2) is 9.49. The molecule has 146 valence electrons. The van der Waals surface area contributed by atoms with Crippen LogP contribution in [0.15, 0.2) is 82.2 Å². The van der Waals surface area contributed by atoms with Crippen molar-refractivity contribution in [3.63, 3.8) is 0 Å². The number of carbonyl (C=O) groups is 2. The highest BCUT2D eigenvalue weighted by Crippen LogP contribution is 2.24. The van der Waals surface area contributed by atoms with Gasteiger partial charge in [0.05, 0.1) is 10.7 Å². The minimum Gasteiger partial charge on any atom is -0.322 e. The number of hydrogen-bond donors (Lipinski definition) is 1. The molecule has 1 amide bonds. The first-order chi connectivity index (χ1) is 13.9. The lowest BCUT2D eigenvalue weighted by atomic mass is 10.2. The number of halogens is 1. The molecule has 0 aliphatic rings. The van der Waals surface area contributed by atoms with E-state index >= 15 is 0 Å². The van der Waals surface area contributed by atoms with Gasteiger partial charge < -0.3 is 5.32 Å². The Morgan fingerprint density at radius 3 is 2.41 bits per heavy atom. The molecule has 0 aliphatic heterocycles. The molecule has 0 bridgehead atoms. The smallest absolute Gasteiger partial charge is 0.270 e. The minimum absolute atomic E-state index is 0.00790. The summed E-state index contributed by atoms with van der Waals surface area (Å²) in [6, 6.07) is 19.8. The number of thioether (sulfide) groups is 1. The highest BCUT2D eigenvalue weighted by molar-refractivity contribution is 9.10. The number of benzene rings is 3. The normalized spacial score (nSPS) is 10.4. The largest absolute Gasteiger partial charge is 0.322 e. The maximum Gasteiger partial charge on any atom is 0.270 e. The van der Waals surface area contributed by atoms with Crippen LogP contribution in [0.3, 0.4) is 0 Å². The average molecular weight is 471 g/mol. The summed E-state index contributed by atoms with van der Waals surface area (Å²) in [6.45, 7) is 0. The van der Waals surface area contributed by atoms with E-state index in [0.717, 1.165) is 9.37 Å². The topological polar surface area (TPSA) is 89.3 Å². The van der Waals surface area contributed by atoms with Crippen molar-refractivity contribution in [3.8, 4) is 0 Å². The fourth-order valence-corrected chi connectivity index (χ4v) is 3.61. The summed E-state index contributed by atoms with van der Waals surface area (Å²) in [5.41, 5.74) is 1.23. The van der Waals surface area contributed by atoms with Crippen molar-refractivity contribution in [1.29, 1.82) is 0 Å². The van der Waals surface area contributed by atoms with E-state index in [9.17, 15) is 19.7 Å². The number of ketones is 1. The van der Waals surface area contributed by atoms with Gasteiger partial charge in [-0.15, -0.1) is 11.8 Å². The van der Waals surface area contributed by atoms with Crippen LogP contribution in [0.1, 0.15) is 20.7 Å². The van der Waals surface area contributed by atoms with E-state index in [1.807, 2.05) is 18.2 Å². The predicted octanol–water partition coefficient (Wildman–Crippen LogP) is 5.58. The lowest BCUT2D eigenvalue weighted by Crippen LogP contribution is -2.12. The van der Waals surface area contributed by atoms with Crippen LogP contribution in [0.4, 0.5) is 11.4 Å². The second-order valence-corrected chi connectivity index (χ2v) is 7.97. The van der Waals surface area contributed by atoms with Crippen molar-refractivity contribution in [2.45, 2.75) is 4.90 Å². The number of nitrogens with zero attached hydrogens (tertiary/aromatic N) is 1. The van der Waals surface area contributed by atoms with Gasteiger partial charge in [-0.1, -0.05) is 40.2 Å². The van der Waals surface area contributed by atoms with Gasteiger partial charge in [0.15, 0.2) is 5.78 Å². The third-order valence-electron chi connectivity index (χ3n) is 3.95. The molecule has 0 radical (unpaired) electrons. The quantitative estimate of drug-likeness (QED) is 0.210. The number of nitro groups is 1. The number of hydrogen-bond acceptors (Lipinski definition) is 5. The minimum atomic E-state index is -0.545. The lowest BCUT2D eigenvalue weighted by molar-refractivity contribution is -0.384. The van der Waals surface area contributed by atoms with Crippen LogP contribution in [0, 0.1) is 10.1 Å². The Hall–Kier alpha value is -2.97. The van der Waals surface area contributed by atoms with E-state index in [0.29, 0.717) is 11.3 Å². The van der Waals surface area contributed by atoms with Crippen molar-refractivity contribution in [2.75, 3.05) is 11.1 Å². The van der Waals surface area contributed by atoms with E-state index in [-0.39, 0.29) is 22.8 Å². The molecular weight excluding hydrogens is 456 g/mol. The average Bonchev–Trinajstić information content (AvgIpc) is 2.73. The molecule has 0 heterocycles. The van der Waals surface area contributed by atoms with E-state index in [1.54, 1.807) is 30.3 Å². The highest BCUT2D eigenvalue weighted by Gasteiger charge is 2.12. The summed E-state index contributed by atoms with van der Waals surface area (Å²) in [6.07, 6.45) is 0. The molecule has 3 aromatic carbocycles. The molecule has 0 spiro atoms. The summed E-state index contributed by atoms with van der Waals surface area (Å²) in [5.74, 6) is -0.167. The molecule has 1 N–H and O–H groups in total. The Balaban J connectivity index is 1.64. The van der Waals surface area contributed by atoms with Gasteiger partial charge in [0.25, 0.3) is 11.6 Å². The van der Waals surface area contributed by atoms with Crippen LogP contribution in [-0.4, -0.2) is 22.4 Å². The number of nitro benzene ring substituents is 1. The van der Waals surface area contributed by atoms with Gasteiger partial charge in [-0.3, -0.25) is 19.7 Å². The maximum absolute atomic E-state index is 12.4. The summed E-state index contributed by atoms with van der Waals surface area (Å²) >= 11 is 4.71. The molecule has 0 aromatic heterocycles. The molecule has 8 heteroatoms. The third-order valence-corrected chi connectivity index (χ3v) is 5.47. The Kier molecular flexibility index (Phi) is 6.79. The zero-order chi connectivity index (χ0) is 20.8. The van der Waals surface area contributed by atoms with Gasteiger partial charge in [-0.05, 0) is 36.4 Å². The van der Waals surface area contributed by atoms with Crippen LogP contribution in [0.25, 0.3) is 0 Å². The number of anilines is 1. The number of carbonyl (C=O) groups excluding carboxylic acids is 2.